The summed E-state index contributed by atoms with van der Waals surface area (Å²) in [5.41, 5.74) is 13.0. The van der Waals surface area contributed by atoms with E-state index in [9.17, 15) is 0 Å². The Morgan fingerprint density at radius 1 is 0.931 bits per heavy atom. The third kappa shape index (κ3) is 2.71. The molecule has 4 rings (SSSR count). The van der Waals surface area contributed by atoms with Crippen LogP contribution in [0.15, 0.2) is 40.5 Å². The Morgan fingerprint density at radius 2 is 1.48 bits per heavy atom. The number of fused-ring (bicyclic) bond motifs is 2. The van der Waals surface area contributed by atoms with Gasteiger partial charge in [-0.3, -0.25) is 0 Å². The van der Waals surface area contributed by atoms with E-state index in [2.05, 4.69) is 82.1 Å². The molecule has 0 heterocycles. The Morgan fingerprint density at radius 3 is 2.03 bits per heavy atom. The zero-order valence-corrected chi connectivity index (χ0v) is 23.8. The first-order chi connectivity index (χ1) is 13.5. The Hall–Kier alpha value is -0.690. The van der Waals surface area contributed by atoms with Crippen LogP contribution in [0.1, 0.15) is 83.6 Å². The van der Waals surface area contributed by atoms with Crippen molar-refractivity contribution in [3.63, 3.8) is 0 Å². The van der Waals surface area contributed by atoms with Crippen molar-refractivity contribution in [1.82, 2.24) is 0 Å². The van der Waals surface area contributed by atoms with Gasteiger partial charge in [0.2, 0.25) is 0 Å². The number of hydrogen-bond donors (Lipinski definition) is 0. The number of hydrogen-bond acceptors (Lipinski definition) is 0. The molecule has 1 heteroatoms. The number of rotatable bonds is 4. The molecule has 0 saturated heterocycles. The second kappa shape index (κ2) is 6.91. The normalized spacial score (nSPS) is 25.4. The minimum absolute atomic E-state index is 0.288. The first-order valence-electron chi connectivity index (χ1n) is 11.7. The van der Waals surface area contributed by atoms with Crippen LogP contribution in [-0.4, -0.2) is 0 Å². The molecule has 3 aliphatic rings. The fraction of sp³-hybridized carbons (Fsp3) is 0.571. The van der Waals surface area contributed by atoms with Gasteiger partial charge in [0.1, 0.15) is 0 Å². The van der Waals surface area contributed by atoms with E-state index in [4.69, 9.17) is 0 Å². The van der Waals surface area contributed by atoms with E-state index < -0.39 is 20.0 Å². The number of benzene rings is 1. The summed E-state index contributed by atoms with van der Waals surface area (Å²) in [6.07, 6.45) is 10.4. The van der Waals surface area contributed by atoms with Gasteiger partial charge < -0.3 is 0 Å². The van der Waals surface area contributed by atoms with E-state index >= 15 is 0 Å². The second-order valence-electron chi connectivity index (χ2n) is 11.2. The van der Waals surface area contributed by atoms with Crippen molar-refractivity contribution in [2.24, 2.45) is 5.92 Å². The van der Waals surface area contributed by atoms with E-state index in [0.717, 1.165) is 0 Å². The Bertz CT molecular complexity index is 942. The van der Waals surface area contributed by atoms with Gasteiger partial charge in [-0.25, -0.2) is 0 Å². The van der Waals surface area contributed by atoms with Gasteiger partial charge in [-0.1, -0.05) is 0 Å². The topological polar surface area (TPSA) is 0 Å². The summed E-state index contributed by atoms with van der Waals surface area (Å²) >= 11 is -3.04. The summed E-state index contributed by atoms with van der Waals surface area (Å²) in [7, 11) is 0. The van der Waals surface area contributed by atoms with Crippen LogP contribution < -0.4 is 0 Å². The average Bonchev–Trinajstić information content (AvgIpc) is 3.30. The molecule has 0 saturated carbocycles. The van der Waals surface area contributed by atoms with Crippen LogP contribution >= 0.6 is 0 Å². The molecule has 1 unspecified atom stereocenters. The minimum atomic E-state index is -3.04. The molecular weight excluding hydrogens is 515 g/mol. The van der Waals surface area contributed by atoms with Gasteiger partial charge >= 0.3 is 185 Å². The maximum atomic E-state index is 2.78. The molecule has 3 aliphatic carbocycles. The van der Waals surface area contributed by atoms with Crippen molar-refractivity contribution in [2.75, 3.05) is 0 Å². The molecule has 0 amide bonds. The summed E-state index contributed by atoms with van der Waals surface area (Å²) in [5, 5.41) is 0. The van der Waals surface area contributed by atoms with Crippen LogP contribution in [0.3, 0.4) is 0 Å². The standard InChI is InChI=1S/C16H19.C10H15.2CH3.Hf/c1-11(2)8-14-6-7-15-9-12-4-3-5-13(12)10-16(14)15;1-6-7(2)9(4)10(5)8(6)3;;;/h6-7,9-11H,3-5,8H2,1-2H3;1-5H3;2*1H3;. The maximum absolute atomic E-state index is 3.04. The Labute approximate surface area is 183 Å². The van der Waals surface area contributed by atoms with Gasteiger partial charge in [0.25, 0.3) is 0 Å². The summed E-state index contributed by atoms with van der Waals surface area (Å²) in [4.78, 5) is 0. The molecule has 0 bridgehead atoms. The molecule has 1 atom stereocenters. The predicted octanol–water partition coefficient (Wildman–Crippen LogP) is 8.56. The van der Waals surface area contributed by atoms with Crippen LogP contribution in [0.25, 0.3) is 6.08 Å². The molecule has 0 fully saturated rings. The van der Waals surface area contributed by atoms with Crippen molar-refractivity contribution in [3.8, 4) is 0 Å². The molecule has 0 radical (unpaired) electrons. The average molecular weight is 555 g/mol. The number of aryl methyl sites for hydroxylation is 2. The van der Waals surface area contributed by atoms with Crippen LogP contribution in [0.2, 0.25) is 12.5 Å². The third-order valence-corrected chi connectivity index (χ3v) is 31.6. The van der Waals surface area contributed by atoms with Crippen molar-refractivity contribution in [1.29, 1.82) is 0 Å². The monoisotopic (exact) mass is 556 g/mol. The van der Waals surface area contributed by atoms with Gasteiger partial charge in [-0.05, 0) is 0 Å². The van der Waals surface area contributed by atoms with Crippen molar-refractivity contribution >= 4 is 6.08 Å². The molecule has 0 N–H and O–H groups in total. The van der Waals surface area contributed by atoms with E-state index in [1.165, 1.54) is 31.2 Å². The van der Waals surface area contributed by atoms with Crippen LogP contribution in [0.4, 0.5) is 0 Å². The Balaban J connectivity index is 1.97. The molecule has 29 heavy (non-hydrogen) atoms. The molecule has 1 aromatic carbocycles. The van der Waals surface area contributed by atoms with Crippen molar-refractivity contribution in [3.05, 3.63) is 62.8 Å². The predicted molar refractivity (Wildman–Crippen MR) is 125 cm³/mol. The molecule has 0 nitrogen and oxygen atoms in total. The SMILES string of the molecule is CC1=C(C)[C](C)([Hf]([CH3])([CH3])[C]2(CC(C)C)C=Cc3cc4c(cc32)CCC4)C(C)=C1C. The summed E-state index contributed by atoms with van der Waals surface area (Å²) < 4.78 is 6.14. The van der Waals surface area contributed by atoms with Gasteiger partial charge in [0, 0.05) is 0 Å². The van der Waals surface area contributed by atoms with E-state index in [0.29, 0.717) is 9.09 Å². The second-order valence-corrected chi connectivity index (χ2v) is 29.7. The zero-order valence-electron chi connectivity index (χ0n) is 20.2. The van der Waals surface area contributed by atoms with Crippen LogP contribution in [-0.2, 0) is 36.0 Å². The summed E-state index contributed by atoms with van der Waals surface area (Å²) in [6.45, 7) is 17.1. The van der Waals surface area contributed by atoms with E-state index in [-0.39, 0.29) is 3.17 Å². The molecule has 1 aromatic rings. The number of allylic oxidation sites excluding steroid dienone is 5. The van der Waals surface area contributed by atoms with Gasteiger partial charge in [0.05, 0.1) is 0 Å². The first-order valence-corrected chi connectivity index (χ1v) is 22.5. The van der Waals surface area contributed by atoms with E-state index in [1.54, 1.807) is 39.0 Å². The van der Waals surface area contributed by atoms with Crippen LogP contribution in [0.5, 0.6) is 0 Å². The molecule has 0 aliphatic heterocycles. The Kier molecular flexibility index (Phi) is 5.13. The van der Waals surface area contributed by atoms with Crippen LogP contribution in [0, 0.1) is 5.92 Å². The third-order valence-electron chi connectivity index (χ3n) is 9.58. The molecular formula is C28H40Hf. The fourth-order valence-electron chi connectivity index (χ4n) is 7.09. The molecule has 0 spiro atoms. The van der Waals surface area contributed by atoms with Gasteiger partial charge in [-0.15, -0.1) is 0 Å². The summed E-state index contributed by atoms with van der Waals surface area (Å²) in [6, 6.07) is 5.22. The van der Waals surface area contributed by atoms with Crippen molar-refractivity contribution in [2.45, 2.75) is 89.9 Å². The zero-order chi connectivity index (χ0) is 21.4. The van der Waals surface area contributed by atoms with E-state index in [1.807, 2.05) is 0 Å². The quantitative estimate of drug-likeness (QED) is 0.327. The fourth-order valence-corrected chi connectivity index (χ4v) is 26.7. The van der Waals surface area contributed by atoms with Crippen molar-refractivity contribution < 1.29 is 20.0 Å². The summed E-state index contributed by atoms with van der Waals surface area (Å²) in [5.74, 6) is 0.707. The van der Waals surface area contributed by atoms with Gasteiger partial charge in [0.15, 0.2) is 0 Å². The molecule has 156 valence electrons. The first kappa shape index (κ1) is 21.5. The molecule has 0 aromatic heterocycles. The van der Waals surface area contributed by atoms with Gasteiger partial charge in [-0.2, -0.15) is 0 Å².